The molecule has 1 aromatic heterocycles. The van der Waals surface area contributed by atoms with Crippen LogP contribution >= 0.6 is 0 Å². The van der Waals surface area contributed by atoms with Gasteiger partial charge in [0.05, 0.1) is 22.2 Å². The molecular formula is C22H20F3N3O3. The number of aromatic nitrogens is 2. The fourth-order valence-electron chi connectivity index (χ4n) is 3.49. The first-order valence-corrected chi connectivity index (χ1v) is 9.90. The van der Waals surface area contributed by atoms with Crippen LogP contribution in [0, 0.1) is 5.92 Å². The highest BCUT2D eigenvalue weighted by molar-refractivity contribution is 5.94. The van der Waals surface area contributed by atoms with Crippen molar-refractivity contribution in [3.63, 3.8) is 0 Å². The lowest BCUT2D eigenvalue weighted by Gasteiger charge is -2.11. The number of rotatable bonds is 7. The number of carbonyl (C=O) groups excluding carboxylic acids is 1. The van der Waals surface area contributed by atoms with Crippen molar-refractivity contribution in [2.75, 3.05) is 6.54 Å². The number of fused-ring (bicyclic) bond motifs is 1. The number of alkyl halides is 3. The molecule has 0 spiro atoms. The molecule has 0 atom stereocenters. The van der Waals surface area contributed by atoms with E-state index in [1.54, 1.807) is 6.07 Å². The van der Waals surface area contributed by atoms with Crippen LogP contribution < -0.4 is 5.32 Å². The van der Waals surface area contributed by atoms with Gasteiger partial charge < -0.3 is 15.0 Å². The van der Waals surface area contributed by atoms with Crippen molar-refractivity contribution in [3.05, 3.63) is 65.0 Å². The Morgan fingerprint density at radius 1 is 1.13 bits per heavy atom. The van der Waals surface area contributed by atoms with Crippen molar-refractivity contribution < 1.29 is 27.9 Å². The second kappa shape index (κ2) is 8.05. The quantitative estimate of drug-likeness (QED) is 0.589. The van der Waals surface area contributed by atoms with Crippen molar-refractivity contribution in [1.29, 1.82) is 0 Å². The molecule has 0 saturated heterocycles. The van der Waals surface area contributed by atoms with Crippen molar-refractivity contribution in [3.8, 4) is 0 Å². The molecule has 0 bridgehead atoms. The minimum atomic E-state index is -4.52. The first-order chi connectivity index (χ1) is 14.7. The van der Waals surface area contributed by atoms with Crippen molar-refractivity contribution in [2.24, 2.45) is 5.92 Å². The predicted octanol–water partition coefficient (Wildman–Crippen LogP) is 4.14. The fourth-order valence-corrected chi connectivity index (χ4v) is 3.49. The lowest BCUT2D eigenvalue weighted by atomic mass is 10.1. The lowest BCUT2D eigenvalue weighted by molar-refractivity contribution is -0.137. The summed E-state index contributed by atoms with van der Waals surface area (Å²) in [6.07, 6.45) is -1.90. The van der Waals surface area contributed by atoms with Gasteiger partial charge in [0.1, 0.15) is 5.82 Å². The zero-order valence-corrected chi connectivity index (χ0v) is 16.4. The largest absolute Gasteiger partial charge is 0.478 e. The van der Waals surface area contributed by atoms with Crippen molar-refractivity contribution >= 4 is 22.9 Å². The first kappa shape index (κ1) is 20.9. The monoisotopic (exact) mass is 431 g/mol. The molecule has 1 heterocycles. The summed E-state index contributed by atoms with van der Waals surface area (Å²) in [5.41, 5.74) is 0.608. The molecule has 1 amide bonds. The van der Waals surface area contributed by atoms with Crippen LogP contribution in [0.15, 0.2) is 42.5 Å². The van der Waals surface area contributed by atoms with Gasteiger partial charge in [-0.3, -0.25) is 4.79 Å². The van der Waals surface area contributed by atoms with Gasteiger partial charge in [-0.05, 0) is 55.2 Å². The van der Waals surface area contributed by atoms with Crippen molar-refractivity contribution in [2.45, 2.75) is 32.0 Å². The highest BCUT2D eigenvalue weighted by Crippen LogP contribution is 2.33. The molecule has 6 nitrogen and oxygen atoms in total. The highest BCUT2D eigenvalue weighted by Gasteiger charge is 2.31. The van der Waals surface area contributed by atoms with Gasteiger partial charge in [0.15, 0.2) is 0 Å². The zero-order valence-electron chi connectivity index (χ0n) is 16.4. The average Bonchev–Trinajstić information content (AvgIpc) is 3.48. The molecule has 4 rings (SSSR count). The predicted molar refractivity (Wildman–Crippen MR) is 107 cm³/mol. The Balaban J connectivity index is 1.49. The summed E-state index contributed by atoms with van der Waals surface area (Å²) in [7, 11) is 0. The van der Waals surface area contributed by atoms with Crippen LogP contribution in [-0.4, -0.2) is 33.1 Å². The number of carboxylic acids is 1. The number of hydrogen-bond donors (Lipinski definition) is 2. The number of halogens is 3. The topological polar surface area (TPSA) is 84.2 Å². The number of aromatic carboxylic acids is 1. The summed E-state index contributed by atoms with van der Waals surface area (Å²) in [4.78, 5) is 28.1. The Labute approximate surface area is 175 Å². The number of amides is 1. The molecule has 1 aliphatic rings. The Morgan fingerprint density at radius 3 is 2.58 bits per heavy atom. The van der Waals surface area contributed by atoms with Gasteiger partial charge in [-0.2, -0.15) is 13.2 Å². The normalized spacial score (nSPS) is 14.0. The maximum atomic E-state index is 12.9. The number of nitrogens with zero attached hydrogens (tertiary/aromatic N) is 2. The minimum absolute atomic E-state index is 0.0626. The number of benzene rings is 2. The number of carbonyl (C=O) groups is 2. The molecule has 2 N–H and O–H groups in total. The van der Waals surface area contributed by atoms with E-state index in [4.69, 9.17) is 0 Å². The maximum absolute atomic E-state index is 12.9. The lowest BCUT2D eigenvalue weighted by Crippen LogP contribution is -2.27. The summed E-state index contributed by atoms with van der Waals surface area (Å²) < 4.78 is 40.6. The van der Waals surface area contributed by atoms with E-state index in [0.29, 0.717) is 23.7 Å². The molecule has 1 aliphatic carbocycles. The molecule has 1 saturated carbocycles. The molecular weight excluding hydrogens is 411 g/mol. The van der Waals surface area contributed by atoms with Crippen molar-refractivity contribution in [1.82, 2.24) is 14.9 Å². The first-order valence-electron chi connectivity index (χ1n) is 9.90. The van der Waals surface area contributed by atoms with Gasteiger partial charge in [-0.1, -0.05) is 6.07 Å². The standard InChI is InChI=1S/C22H20F3N3O3/c23-22(24,25)16-3-1-2-14(10-16)20(29)26-9-8-19-27-17-11-15(21(30)31)6-7-18(17)28(19)12-13-4-5-13/h1-3,6-7,10-11,13H,4-5,8-9,12H2,(H,26,29)(H,30,31). The van der Waals surface area contributed by atoms with Gasteiger partial charge in [0, 0.05) is 25.1 Å². The second-order valence-corrected chi connectivity index (χ2v) is 7.68. The second-order valence-electron chi connectivity index (χ2n) is 7.68. The average molecular weight is 431 g/mol. The van der Waals surface area contributed by atoms with Crippen LogP contribution in [0.4, 0.5) is 13.2 Å². The molecule has 1 fully saturated rings. The van der Waals surface area contributed by atoms with Gasteiger partial charge in [-0.25, -0.2) is 9.78 Å². The molecule has 162 valence electrons. The van der Waals surface area contributed by atoms with Gasteiger partial charge in [0.25, 0.3) is 5.91 Å². The molecule has 31 heavy (non-hydrogen) atoms. The van der Waals surface area contributed by atoms with Crippen LogP contribution in [0.25, 0.3) is 11.0 Å². The van der Waals surface area contributed by atoms with Gasteiger partial charge in [0.2, 0.25) is 0 Å². The van der Waals surface area contributed by atoms with Gasteiger partial charge >= 0.3 is 12.1 Å². The smallest absolute Gasteiger partial charge is 0.416 e. The van der Waals surface area contributed by atoms with Gasteiger partial charge in [-0.15, -0.1) is 0 Å². The van der Waals surface area contributed by atoms with Crippen LogP contribution in [0.2, 0.25) is 0 Å². The van der Waals surface area contributed by atoms with Crippen LogP contribution in [0.5, 0.6) is 0 Å². The summed E-state index contributed by atoms with van der Waals surface area (Å²) in [6, 6.07) is 9.07. The maximum Gasteiger partial charge on any atom is 0.416 e. The van der Waals surface area contributed by atoms with E-state index in [0.717, 1.165) is 37.0 Å². The van der Waals surface area contributed by atoms with Crippen LogP contribution in [0.3, 0.4) is 0 Å². The third-order valence-electron chi connectivity index (χ3n) is 5.30. The number of hydrogen-bond acceptors (Lipinski definition) is 3. The third kappa shape index (κ3) is 4.70. The number of imidazole rings is 1. The van der Waals surface area contributed by atoms with E-state index in [-0.39, 0.29) is 17.7 Å². The Kier molecular flexibility index (Phi) is 5.43. The Hall–Kier alpha value is -3.36. The zero-order chi connectivity index (χ0) is 22.2. The summed E-state index contributed by atoms with van der Waals surface area (Å²) >= 11 is 0. The van der Waals surface area contributed by atoms with E-state index in [2.05, 4.69) is 10.3 Å². The molecule has 9 heteroatoms. The van der Waals surface area contributed by atoms with Crippen LogP contribution in [0.1, 0.15) is 44.9 Å². The number of nitrogens with one attached hydrogen (secondary N) is 1. The third-order valence-corrected chi connectivity index (χ3v) is 5.30. The number of carboxylic acid groups (broad SMARTS) is 1. The molecule has 3 aromatic rings. The fraction of sp³-hybridized carbons (Fsp3) is 0.318. The van der Waals surface area contributed by atoms with E-state index < -0.39 is 23.6 Å². The Bertz CT molecular complexity index is 1150. The highest BCUT2D eigenvalue weighted by atomic mass is 19.4. The van der Waals surface area contributed by atoms with E-state index in [1.807, 2.05) is 4.57 Å². The van der Waals surface area contributed by atoms with E-state index >= 15 is 0 Å². The molecule has 2 aromatic carbocycles. The summed E-state index contributed by atoms with van der Waals surface area (Å²) in [5, 5.41) is 11.8. The minimum Gasteiger partial charge on any atom is -0.478 e. The van der Waals surface area contributed by atoms with Crippen LogP contribution in [-0.2, 0) is 19.1 Å². The molecule has 0 aliphatic heterocycles. The molecule has 0 radical (unpaired) electrons. The molecule has 0 unspecified atom stereocenters. The summed E-state index contributed by atoms with van der Waals surface area (Å²) in [6.45, 7) is 0.953. The van der Waals surface area contributed by atoms with E-state index in [1.165, 1.54) is 24.3 Å². The van der Waals surface area contributed by atoms with E-state index in [9.17, 15) is 27.9 Å². The summed E-state index contributed by atoms with van der Waals surface area (Å²) in [5.74, 6) is -0.374. The Morgan fingerprint density at radius 2 is 1.90 bits per heavy atom. The SMILES string of the molecule is O=C(O)c1ccc2c(c1)nc(CCNC(=O)c1cccc(C(F)(F)F)c1)n2CC1CC1.